The fourth-order valence-corrected chi connectivity index (χ4v) is 2.31. The highest BCUT2D eigenvalue weighted by Gasteiger charge is 2.12. The third-order valence-electron chi connectivity index (χ3n) is 2.74. The van der Waals surface area contributed by atoms with Crippen molar-refractivity contribution in [3.8, 4) is 5.75 Å². The molecule has 1 aromatic rings. The molecule has 0 aliphatic carbocycles. The normalized spacial score (nSPS) is 11.6. The van der Waals surface area contributed by atoms with Crippen LogP contribution in [0.5, 0.6) is 5.75 Å². The minimum absolute atomic E-state index is 0.0790. The average Bonchev–Trinajstić information content (AvgIpc) is 2.42. The van der Waals surface area contributed by atoms with Crippen molar-refractivity contribution in [3.05, 3.63) is 42.5 Å². The van der Waals surface area contributed by atoms with Gasteiger partial charge >= 0.3 is 0 Å². The molecular weight excluding hydrogens is 276 g/mol. The van der Waals surface area contributed by atoms with Crippen molar-refractivity contribution in [1.29, 1.82) is 0 Å². The van der Waals surface area contributed by atoms with Gasteiger partial charge < -0.3 is 10.1 Å². The van der Waals surface area contributed by atoms with Crippen LogP contribution in [0.4, 0.5) is 0 Å². The van der Waals surface area contributed by atoms with Crippen LogP contribution in [0, 0.1) is 0 Å². The van der Waals surface area contributed by atoms with Crippen molar-refractivity contribution in [1.82, 2.24) is 9.62 Å². The maximum Gasteiger partial charge on any atom is 0.214 e. The van der Waals surface area contributed by atoms with Gasteiger partial charge in [-0.2, -0.15) is 0 Å². The number of ether oxygens (including phenoxy) is 1. The van der Waals surface area contributed by atoms with Gasteiger partial charge in [-0.15, -0.1) is 0 Å². The molecule has 112 valence electrons. The summed E-state index contributed by atoms with van der Waals surface area (Å²) in [5.74, 6) is 0.866. The van der Waals surface area contributed by atoms with Crippen molar-refractivity contribution in [3.63, 3.8) is 0 Å². The van der Waals surface area contributed by atoms with E-state index in [1.807, 2.05) is 24.3 Å². The molecule has 0 amide bonds. The maximum absolute atomic E-state index is 11.6. The van der Waals surface area contributed by atoms with Crippen LogP contribution in [-0.4, -0.2) is 45.7 Å². The Morgan fingerprint density at radius 1 is 1.35 bits per heavy atom. The standard InChI is InChI=1S/C14H22N2O3S/c1-4-10-19-14-8-6-5-7-13(14)12-15-9-11-20(17,18)16(2)3/h4-8,15H,1,9-12H2,2-3H3. The first-order valence-electron chi connectivity index (χ1n) is 6.40. The Morgan fingerprint density at radius 2 is 2.05 bits per heavy atom. The summed E-state index contributed by atoms with van der Waals surface area (Å²) in [6.45, 7) is 5.03. The largest absolute Gasteiger partial charge is 0.489 e. The Morgan fingerprint density at radius 3 is 2.70 bits per heavy atom. The third-order valence-corrected chi connectivity index (χ3v) is 4.57. The molecule has 0 aliphatic rings. The molecule has 0 radical (unpaired) electrons. The fraction of sp³-hybridized carbons (Fsp3) is 0.429. The molecule has 6 heteroatoms. The lowest BCUT2D eigenvalue weighted by molar-refractivity contribution is 0.358. The first kappa shape index (κ1) is 16.7. The highest BCUT2D eigenvalue weighted by atomic mass is 32.2. The number of sulfonamides is 1. The maximum atomic E-state index is 11.6. The van der Waals surface area contributed by atoms with Gasteiger partial charge in [-0.3, -0.25) is 0 Å². The van der Waals surface area contributed by atoms with Gasteiger partial charge in [-0.25, -0.2) is 12.7 Å². The highest BCUT2D eigenvalue weighted by molar-refractivity contribution is 7.89. The number of hydrogen-bond acceptors (Lipinski definition) is 4. The van der Waals surface area contributed by atoms with E-state index in [1.54, 1.807) is 6.08 Å². The van der Waals surface area contributed by atoms with Crippen molar-refractivity contribution in [2.24, 2.45) is 0 Å². The highest BCUT2D eigenvalue weighted by Crippen LogP contribution is 2.17. The lowest BCUT2D eigenvalue weighted by Crippen LogP contribution is -2.31. The van der Waals surface area contributed by atoms with Gasteiger partial charge in [0.05, 0.1) is 5.75 Å². The first-order chi connectivity index (χ1) is 9.47. The summed E-state index contributed by atoms with van der Waals surface area (Å²) < 4.78 is 30.0. The van der Waals surface area contributed by atoms with Gasteiger partial charge in [-0.1, -0.05) is 30.9 Å². The van der Waals surface area contributed by atoms with E-state index in [0.717, 1.165) is 11.3 Å². The summed E-state index contributed by atoms with van der Waals surface area (Å²) in [6.07, 6.45) is 1.69. The lowest BCUT2D eigenvalue weighted by atomic mass is 10.2. The summed E-state index contributed by atoms with van der Waals surface area (Å²) >= 11 is 0. The van der Waals surface area contributed by atoms with E-state index in [0.29, 0.717) is 19.7 Å². The van der Waals surface area contributed by atoms with Crippen molar-refractivity contribution < 1.29 is 13.2 Å². The molecule has 5 nitrogen and oxygen atoms in total. The molecule has 0 saturated carbocycles. The molecule has 0 heterocycles. The van der Waals surface area contributed by atoms with Crippen LogP contribution in [0.25, 0.3) is 0 Å². The number of nitrogens with zero attached hydrogens (tertiary/aromatic N) is 1. The summed E-state index contributed by atoms with van der Waals surface area (Å²) in [5.41, 5.74) is 0.997. The zero-order chi connectivity index (χ0) is 15.0. The third kappa shape index (κ3) is 5.32. The van der Waals surface area contributed by atoms with Gasteiger partial charge in [0.15, 0.2) is 0 Å². The zero-order valence-corrected chi connectivity index (χ0v) is 12.8. The Labute approximate surface area is 121 Å². The predicted octanol–water partition coefficient (Wildman–Crippen LogP) is 1.23. The quantitative estimate of drug-likeness (QED) is 0.550. The number of nitrogens with one attached hydrogen (secondary N) is 1. The number of para-hydroxylation sites is 1. The topological polar surface area (TPSA) is 58.6 Å². The SMILES string of the molecule is C=CCOc1ccccc1CNCCS(=O)(=O)N(C)C. The van der Waals surface area contributed by atoms with E-state index in [2.05, 4.69) is 11.9 Å². The van der Waals surface area contributed by atoms with Crippen LogP contribution in [-0.2, 0) is 16.6 Å². The average molecular weight is 298 g/mol. The van der Waals surface area contributed by atoms with E-state index in [1.165, 1.54) is 18.4 Å². The van der Waals surface area contributed by atoms with Crippen LogP contribution < -0.4 is 10.1 Å². The zero-order valence-electron chi connectivity index (χ0n) is 12.0. The van der Waals surface area contributed by atoms with Crippen LogP contribution in [0.1, 0.15) is 5.56 Å². The Kier molecular flexibility index (Phi) is 6.70. The molecule has 20 heavy (non-hydrogen) atoms. The number of hydrogen-bond donors (Lipinski definition) is 1. The Hall–Kier alpha value is -1.37. The summed E-state index contributed by atoms with van der Waals surface area (Å²) in [6, 6.07) is 7.66. The molecule has 1 rings (SSSR count). The molecular formula is C14H22N2O3S. The fourth-order valence-electron chi connectivity index (χ4n) is 1.55. The molecule has 0 bridgehead atoms. The molecule has 1 aromatic carbocycles. The minimum atomic E-state index is -3.15. The van der Waals surface area contributed by atoms with Crippen LogP contribution >= 0.6 is 0 Å². The summed E-state index contributed by atoms with van der Waals surface area (Å²) in [7, 11) is -0.0797. The number of benzene rings is 1. The van der Waals surface area contributed by atoms with E-state index in [9.17, 15) is 8.42 Å². The Balaban J connectivity index is 2.48. The van der Waals surface area contributed by atoms with Gasteiger partial charge in [0.25, 0.3) is 0 Å². The van der Waals surface area contributed by atoms with Gasteiger partial charge in [0, 0.05) is 32.7 Å². The van der Waals surface area contributed by atoms with E-state index >= 15 is 0 Å². The monoisotopic (exact) mass is 298 g/mol. The van der Waals surface area contributed by atoms with E-state index in [-0.39, 0.29) is 5.75 Å². The second-order valence-corrected chi connectivity index (χ2v) is 6.78. The molecule has 0 spiro atoms. The summed E-state index contributed by atoms with van der Waals surface area (Å²) in [5, 5.41) is 3.12. The van der Waals surface area contributed by atoms with E-state index in [4.69, 9.17) is 4.74 Å². The van der Waals surface area contributed by atoms with Crippen molar-refractivity contribution in [2.75, 3.05) is 33.0 Å². The van der Waals surface area contributed by atoms with Gasteiger partial charge in [-0.05, 0) is 6.07 Å². The van der Waals surface area contributed by atoms with Crippen LogP contribution in [0.2, 0.25) is 0 Å². The second kappa shape index (κ2) is 8.04. The minimum Gasteiger partial charge on any atom is -0.489 e. The molecule has 0 atom stereocenters. The van der Waals surface area contributed by atoms with Crippen LogP contribution in [0.15, 0.2) is 36.9 Å². The summed E-state index contributed by atoms with van der Waals surface area (Å²) in [4.78, 5) is 0. The number of rotatable bonds is 9. The molecule has 0 fully saturated rings. The van der Waals surface area contributed by atoms with Crippen molar-refractivity contribution in [2.45, 2.75) is 6.54 Å². The molecule has 0 aromatic heterocycles. The van der Waals surface area contributed by atoms with Gasteiger partial charge in [0.2, 0.25) is 10.0 Å². The molecule has 0 saturated heterocycles. The smallest absolute Gasteiger partial charge is 0.214 e. The Bertz CT molecular complexity index is 527. The molecule has 1 N–H and O–H groups in total. The van der Waals surface area contributed by atoms with Crippen molar-refractivity contribution >= 4 is 10.0 Å². The van der Waals surface area contributed by atoms with E-state index < -0.39 is 10.0 Å². The molecule has 0 unspecified atom stereocenters. The lowest BCUT2D eigenvalue weighted by Gasteiger charge is -2.13. The first-order valence-corrected chi connectivity index (χ1v) is 8.01. The van der Waals surface area contributed by atoms with Gasteiger partial charge in [0.1, 0.15) is 12.4 Å². The predicted molar refractivity (Wildman–Crippen MR) is 81.3 cm³/mol. The van der Waals surface area contributed by atoms with Crippen LogP contribution in [0.3, 0.4) is 0 Å². The second-order valence-electron chi connectivity index (χ2n) is 4.48. The molecule has 0 aliphatic heterocycles.